The molecular formula is C12H9ClN2. The number of hydrogen-bond acceptors (Lipinski definition) is 2. The molecule has 0 N–H and O–H groups in total. The molecule has 1 aromatic heterocycles. The van der Waals surface area contributed by atoms with Gasteiger partial charge in [0.1, 0.15) is 5.15 Å². The van der Waals surface area contributed by atoms with Gasteiger partial charge in [-0.15, -0.1) is 0 Å². The van der Waals surface area contributed by atoms with Crippen molar-refractivity contribution in [3.05, 3.63) is 41.0 Å². The Hall–Kier alpha value is -1.59. The van der Waals surface area contributed by atoms with Crippen molar-refractivity contribution in [2.45, 2.75) is 12.8 Å². The molecule has 0 amide bonds. The summed E-state index contributed by atoms with van der Waals surface area (Å²) in [6.07, 6.45) is 1.13. The third kappa shape index (κ3) is 2.08. The summed E-state index contributed by atoms with van der Waals surface area (Å²) in [5, 5.41) is 10.1. The fourth-order valence-electron chi connectivity index (χ4n) is 1.50. The zero-order valence-corrected chi connectivity index (χ0v) is 8.83. The van der Waals surface area contributed by atoms with E-state index in [0.717, 1.165) is 16.5 Å². The Kier molecular flexibility index (Phi) is 2.84. The average Bonchev–Trinajstić information content (AvgIpc) is 2.26. The molecule has 2 nitrogen and oxygen atoms in total. The summed E-state index contributed by atoms with van der Waals surface area (Å²) in [4.78, 5) is 4.28. The number of nitrogens with zero attached hydrogens (tertiary/aromatic N) is 2. The van der Waals surface area contributed by atoms with Crippen LogP contribution in [0, 0.1) is 11.3 Å². The first-order valence-electron chi connectivity index (χ1n) is 4.72. The molecule has 0 fully saturated rings. The number of fused-ring (bicyclic) bond motifs is 1. The number of pyridine rings is 1. The van der Waals surface area contributed by atoms with Gasteiger partial charge >= 0.3 is 0 Å². The predicted molar refractivity (Wildman–Crippen MR) is 60.7 cm³/mol. The van der Waals surface area contributed by atoms with Gasteiger partial charge in [-0.05, 0) is 24.1 Å². The minimum Gasteiger partial charge on any atom is -0.236 e. The first kappa shape index (κ1) is 9.95. The number of halogens is 1. The number of hydrogen-bond donors (Lipinski definition) is 0. The first-order chi connectivity index (χ1) is 7.31. The summed E-state index contributed by atoms with van der Waals surface area (Å²) in [6.45, 7) is 0. The maximum Gasteiger partial charge on any atom is 0.133 e. The van der Waals surface area contributed by atoms with Crippen molar-refractivity contribution in [2.24, 2.45) is 0 Å². The van der Waals surface area contributed by atoms with Crippen LogP contribution in [0.15, 0.2) is 30.3 Å². The third-order valence-electron chi connectivity index (χ3n) is 2.26. The Morgan fingerprint density at radius 3 is 2.93 bits per heavy atom. The van der Waals surface area contributed by atoms with E-state index >= 15 is 0 Å². The lowest BCUT2D eigenvalue weighted by molar-refractivity contribution is 1.00. The van der Waals surface area contributed by atoms with Crippen LogP contribution in [0.25, 0.3) is 10.9 Å². The molecule has 0 atom stereocenters. The van der Waals surface area contributed by atoms with E-state index in [9.17, 15) is 0 Å². The molecule has 0 radical (unpaired) electrons. The molecule has 0 saturated carbocycles. The van der Waals surface area contributed by atoms with E-state index < -0.39 is 0 Å². The molecule has 2 aromatic rings. The summed E-state index contributed by atoms with van der Waals surface area (Å²) >= 11 is 6.02. The SMILES string of the molecule is N#CCCc1cc2ccccc2nc1Cl. The van der Waals surface area contributed by atoms with Crippen LogP contribution >= 0.6 is 11.6 Å². The van der Waals surface area contributed by atoms with Gasteiger partial charge in [-0.3, -0.25) is 0 Å². The topological polar surface area (TPSA) is 36.7 Å². The molecular weight excluding hydrogens is 208 g/mol. The van der Waals surface area contributed by atoms with E-state index in [-0.39, 0.29) is 0 Å². The lowest BCUT2D eigenvalue weighted by Crippen LogP contribution is -1.90. The number of rotatable bonds is 2. The highest BCUT2D eigenvalue weighted by atomic mass is 35.5. The average molecular weight is 217 g/mol. The van der Waals surface area contributed by atoms with Crippen molar-refractivity contribution < 1.29 is 0 Å². The van der Waals surface area contributed by atoms with Crippen molar-refractivity contribution in [1.82, 2.24) is 4.98 Å². The van der Waals surface area contributed by atoms with Crippen LogP contribution in [0.1, 0.15) is 12.0 Å². The highest BCUT2D eigenvalue weighted by Crippen LogP contribution is 2.21. The van der Waals surface area contributed by atoms with Crippen LogP contribution in [0.5, 0.6) is 0 Å². The Labute approximate surface area is 93.1 Å². The fourth-order valence-corrected chi connectivity index (χ4v) is 1.74. The van der Waals surface area contributed by atoms with Gasteiger partial charge in [0.15, 0.2) is 0 Å². The largest absolute Gasteiger partial charge is 0.236 e. The maximum absolute atomic E-state index is 8.52. The molecule has 0 aliphatic heterocycles. The number of benzene rings is 1. The van der Waals surface area contributed by atoms with Gasteiger partial charge in [-0.2, -0.15) is 5.26 Å². The number of aromatic nitrogens is 1. The summed E-state index contributed by atoms with van der Waals surface area (Å²) in [5.41, 5.74) is 1.83. The molecule has 0 bridgehead atoms. The van der Waals surface area contributed by atoms with Crippen LogP contribution in [0.2, 0.25) is 5.15 Å². The Bertz CT molecular complexity index is 529. The minimum atomic E-state index is 0.472. The van der Waals surface area contributed by atoms with E-state index in [1.165, 1.54) is 0 Å². The van der Waals surface area contributed by atoms with Crippen LogP contribution in [0.3, 0.4) is 0 Å². The zero-order chi connectivity index (χ0) is 10.7. The van der Waals surface area contributed by atoms with Crippen LogP contribution < -0.4 is 0 Å². The molecule has 15 heavy (non-hydrogen) atoms. The van der Waals surface area contributed by atoms with Gasteiger partial charge in [0.05, 0.1) is 11.6 Å². The van der Waals surface area contributed by atoms with Crippen molar-refractivity contribution in [3.63, 3.8) is 0 Å². The van der Waals surface area contributed by atoms with Crippen molar-refractivity contribution in [2.75, 3.05) is 0 Å². The smallest absolute Gasteiger partial charge is 0.133 e. The van der Waals surface area contributed by atoms with Gasteiger partial charge in [-0.1, -0.05) is 29.8 Å². The number of nitriles is 1. The second-order valence-corrected chi connectivity index (χ2v) is 3.65. The Balaban J connectivity index is 2.48. The maximum atomic E-state index is 8.52. The molecule has 0 spiro atoms. The summed E-state index contributed by atoms with van der Waals surface area (Å²) < 4.78 is 0. The minimum absolute atomic E-state index is 0.472. The van der Waals surface area contributed by atoms with Crippen molar-refractivity contribution in [3.8, 4) is 6.07 Å². The third-order valence-corrected chi connectivity index (χ3v) is 2.58. The highest BCUT2D eigenvalue weighted by molar-refractivity contribution is 6.30. The van der Waals surface area contributed by atoms with E-state index in [1.54, 1.807) is 0 Å². The molecule has 0 aliphatic rings. The van der Waals surface area contributed by atoms with Gasteiger partial charge < -0.3 is 0 Å². The van der Waals surface area contributed by atoms with Crippen LogP contribution in [-0.4, -0.2) is 4.98 Å². The molecule has 74 valence electrons. The molecule has 0 saturated heterocycles. The molecule has 1 heterocycles. The molecule has 0 aliphatic carbocycles. The number of para-hydroxylation sites is 1. The highest BCUT2D eigenvalue weighted by Gasteiger charge is 2.03. The van der Waals surface area contributed by atoms with Gasteiger partial charge in [0.25, 0.3) is 0 Å². The monoisotopic (exact) mass is 216 g/mol. The summed E-state index contributed by atoms with van der Waals surface area (Å²) in [6, 6.07) is 11.9. The second-order valence-electron chi connectivity index (χ2n) is 3.29. The first-order valence-corrected chi connectivity index (χ1v) is 5.10. The van der Waals surface area contributed by atoms with Gasteiger partial charge in [0, 0.05) is 11.8 Å². The van der Waals surface area contributed by atoms with Gasteiger partial charge in [-0.25, -0.2) is 4.98 Å². The summed E-state index contributed by atoms with van der Waals surface area (Å²) in [5.74, 6) is 0. The Morgan fingerprint density at radius 2 is 2.13 bits per heavy atom. The fraction of sp³-hybridized carbons (Fsp3) is 0.167. The predicted octanol–water partition coefficient (Wildman–Crippen LogP) is 3.34. The quantitative estimate of drug-likeness (QED) is 0.722. The van der Waals surface area contributed by atoms with E-state index in [0.29, 0.717) is 18.0 Å². The van der Waals surface area contributed by atoms with Crippen molar-refractivity contribution >= 4 is 22.5 Å². The van der Waals surface area contributed by atoms with Crippen LogP contribution in [0.4, 0.5) is 0 Å². The lowest BCUT2D eigenvalue weighted by Gasteiger charge is -2.03. The van der Waals surface area contributed by atoms with Crippen LogP contribution in [-0.2, 0) is 6.42 Å². The van der Waals surface area contributed by atoms with Crippen molar-refractivity contribution in [1.29, 1.82) is 5.26 Å². The molecule has 0 unspecified atom stereocenters. The summed E-state index contributed by atoms with van der Waals surface area (Å²) in [7, 11) is 0. The number of aryl methyl sites for hydroxylation is 1. The normalized spacial score (nSPS) is 10.1. The Morgan fingerprint density at radius 1 is 1.33 bits per heavy atom. The van der Waals surface area contributed by atoms with E-state index in [4.69, 9.17) is 16.9 Å². The van der Waals surface area contributed by atoms with E-state index in [1.807, 2.05) is 30.3 Å². The lowest BCUT2D eigenvalue weighted by atomic mass is 10.1. The van der Waals surface area contributed by atoms with Gasteiger partial charge in [0.2, 0.25) is 0 Å². The molecule has 1 aromatic carbocycles. The second kappa shape index (κ2) is 4.29. The standard InChI is InChI=1S/C12H9ClN2/c13-12-10(5-3-7-14)8-9-4-1-2-6-11(9)15-12/h1-2,4,6,8H,3,5H2. The van der Waals surface area contributed by atoms with E-state index in [2.05, 4.69) is 11.1 Å². The molecule has 3 heteroatoms. The zero-order valence-electron chi connectivity index (χ0n) is 8.07. The molecule has 2 rings (SSSR count).